The van der Waals surface area contributed by atoms with Gasteiger partial charge in [0, 0.05) is 10.9 Å². The van der Waals surface area contributed by atoms with Gasteiger partial charge in [-0.3, -0.25) is 0 Å². The molecule has 0 bridgehead atoms. The number of benzene rings is 2. The number of aryl methyl sites for hydroxylation is 2. The Kier molecular flexibility index (Phi) is 3.52. The highest BCUT2D eigenvalue weighted by Crippen LogP contribution is 2.32. The van der Waals surface area contributed by atoms with Gasteiger partial charge in [-0.25, -0.2) is 4.39 Å². The van der Waals surface area contributed by atoms with Crippen LogP contribution in [-0.4, -0.2) is 0 Å². The number of rotatable bonds is 3. The molecule has 1 aromatic heterocycles. The fourth-order valence-corrected chi connectivity index (χ4v) is 2.62. The summed E-state index contributed by atoms with van der Waals surface area (Å²) in [7, 11) is 0. The molecule has 3 aromatic rings. The fraction of sp³-hybridized carbons (Fsp3) is 0.222. The molecule has 2 nitrogen and oxygen atoms in total. The quantitative estimate of drug-likeness (QED) is 0.769. The summed E-state index contributed by atoms with van der Waals surface area (Å²) in [6.45, 7) is 4.04. The van der Waals surface area contributed by atoms with Crippen LogP contribution in [0.25, 0.3) is 11.0 Å². The van der Waals surface area contributed by atoms with Gasteiger partial charge in [-0.05, 0) is 42.7 Å². The van der Waals surface area contributed by atoms with Crippen LogP contribution in [0.4, 0.5) is 4.39 Å². The third kappa shape index (κ3) is 2.45. The summed E-state index contributed by atoms with van der Waals surface area (Å²) in [6.07, 6.45) is 0.998. The maximum atomic E-state index is 13.4. The number of hydrogen-bond donors (Lipinski definition) is 1. The molecule has 2 aromatic carbocycles. The van der Waals surface area contributed by atoms with E-state index in [1.54, 1.807) is 6.07 Å². The third-order valence-electron chi connectivity index (χ3n) is 3.96. The van der Waals surface area contributed by atoms with Crippen molar-refractivity contribution in [2.75, 3.05) is 0 Å². The highest BCUT2D eigenvalue weighted by Gasteiger charge is 2.18. The number of hydrogen-bond acceptors (Lipinski definition) is 2. The van der Waals surface area contributed by atoms with Crippen molar-refractivity contribution in [2.24, 2.45) is 5.73 Å². The molecular weight excluding hydrogens is 265 g/mol. The van der Waals surface area contributed by atoms with E-state index in [0.29, 0.717) is 11.3 Å². The van der Waals surface area contributed by atoms with E-state index in [1.807, 2.05) is 19.1 Å². The van der Waals surface area contributed by atoms with Gasteiger partial charge >= 0.3 is 0 Å². The molecule has 1 heterocycles. The molecule has 0 saturated carbocycles. The van der Waals surface area contributed by atoms with Crippen LogP contribution in [0, 0.1) is 12.7 Å². The van der Waals surface area contributed by atoms with Crippen molar-refractivity contribution in [3.8, 4) is 0 Å². The average Bonchev–Trinajstić information content (AvgIpc) is 2.83. The molecule has 0 aliphatic rings. The Hall–Kier alpha value is -2.13. The van der Waals surface area contributed by atoms with E-state index >= 15 is 0 Å². The molecule has 0 aliphatic heterocycles. The second-order valence-electron chi connectivity index (χ2n) is 5.30. The number of halogens is 1. The Morgan fingerprint density at radius 1 is 1.14 bits per heavy atom. The van der Waals surface area contributed by atoms with Crippen molar-refractivity contribution < 1.29 is 8.81 Å². The predicted molar refractivity (Wildman–Crippen MR) is 82.8 cm³/mol. The first kappa shape index (κ1) is 13.8. The Labute approximate surface area is 123 Å². The van der Waals surface area contributed by atoms with Crippen molar-refractivity contribution in [1.82, 2.24) is 0 Å². The Morgan fingerprint density at radius 3 is 2.52 bits per heavy atom. The lowest BCUT2D eigenvalue weighted by molar-refractivity contribution is 0.520. The van der Waals surface area contributed by atoms with Crippen molar-refractivity contribution in [1.29, 1.82) is 0 Å². The number of nitrogens with two attached hydrogens (primary N) is 1. The molecule has 3 rings (SSSR count). The highest BCUT2D eigenvalue weighted by atomic mass is 19.1. The third-order valence-corrected chi connectivity index (χ3v) is 3.96. The molecule has 3 heteroatoms. The van der Waals surface area contributed by atoms with Crippen LogP contribution in [0.3, 0.4) is 0 Å². The van der Waals surface area contributed by atoms with Crippen LogP contribution in [0.15, 0.2) is 46.9 Å². The first-order valence-electron chi connectivity index (χ1n) is 7.13. The van der Waals surface area contributed by atoms with Gasteiger partial charge in [-0.2, -0.15) is 0 Å². The van der Waals surface area contributed by atoms with Gasteiger partial charge in [0.05, 0.1) is 6.04 Å². The lowest BCUT2D eigenvalue weighted by Crippen LogP contribution is -2.12. The zero-order valence-corrected chi connectivity index (χ0v) is 12.2. The summed E-state index contributed by atoms with van der Waals surface area (Å²) < 4.78 is 19.2. The Morgan fingerprint density at radius 2 is 1.86 bits per heavy atom. The van der Waals surface area contributed by atoms with E-state index in [-0.39, 0.29) is 11.9 Å². The largest absolute Gasteiger partial charge is 0.459 e. The molecular formula is C18H18FNO. The maximum Gasteiger partial charge on any atom is 0.134 e. The molecule has 1 unspecified atom stereocenters. The van der Waals surface area contributed by atoms with Crippen LogP contribution >= 0.6 is 0 Å². The Bertz CT molecular complexity index is 774. The van der Waals surface area contributed by atoms with E-state index < -0.39 is 0 Å². The van der Waals surface area contributed by atoms with Crippen molar-refractivity contribution in [3.05, 3.63) is 70.7 Å². The van der Waals surface area contributed by atoms with Crippen LogP contribution in [0.1, 0.15) is 35.4 Å². The second-order valence-corrected chi connectivity index (χ2v) is 5.30. The van der Waals surface area contributed by atoms with E-state index in [1.165, 1.54) is 17.7 Å². The number of furan rings is 1. The van der Waals surface area contributed by atoms with E-state index in [9.17, 15) is 4.39 Å². The molecule has 0 fully saturated rings. The summed E-state index contributed by atoms with van der Waals surface area (Å²) in [5, 5.41) is 0.783. The van der Waals surface area contributed by atoms with E-state index in [2.05, 4.69) is 19.1 Å². The lowest BCUT2D eigenvalue weighted by Gasteiger charge is -2.11. The first-order chi connectivity index (χ1) is 10.1. The average molecular weight is 283 g/mol. The van der Waals surface area contributed by atoms with E-state index in [0.717, 1.165) is 22.9 Å². The summed E-state index contributed by atoms with van der Waals surface area (Å²) in [5.41, 5.74) is 10.2. The zero-order valence-electron chi connectivity index (χ0n) is 12.2. The summed E-state index contributed by atoms with van der Waals surface area (Å²) in [5.74, 6) is 0.429. The van der Waals surface area contributed by atoms with E-state index in [4.69, 9.17) is 10.2 Å². The lowest BCUT2D eigenvalue weighted by atomic mass is 10.00. The normalized spacial score (nSPS) is 12.8. The maximum absolute atomic E-state index is 13.4. The van der Waals surface area contributed by atoms with Gasteiger partial charge in [0.2, 0.25) is 0 Å². The monoisotopic (exact) mass is 283 g/mol. The van der Waals surface area contributed by atoms with Gasteiger partial charge < -0.3 is 10.2 Å². The summed E-state index contributed by atoms with van der Waals surface area (Å²) in [6, 6.07) is 12.4. The molecule has 1 atom stereocenters. The molecule has 0 radical (unpaired) electrons. The Balaban J connectivity index is 2.04. The molecule has 0 amide bonds. The second kappa shape index (κ2) is 5.34. The van der Waals surface area contributed by atoms with Gasteiger partial charge in [-0.1, -0.05) is 31.2 Å². The minimum atomic E-state index is -0.341. The fourth-order valence-electron chi connectivity index (χ4n) is 2.62. The van der Waals surface area contributed by atoms with Crippen LogP contribution in [0.2, 0.25) is 0 Å². The van der Waals surface area contributed by atoms with Gasteiger partial charge in [0.1, 0.15) is 17.2 Å². The molecule has 21 heavy (non-hydrogen) atoms. The minimum absolute atomic E-state index is 0.265. The molecule has 0 saturated heterocycles. The van der Waals surface area contributed by atoms with Crippen molar-refractivity contribution >= 4 is 11.0 Å². The molecule has 2 N–H and O–H groups in total. The van der Waals surface area contributed by atoms with Crippen molar-refractivity contribution in [3.63, 3.8) is 0 Å². The first-order valence-corrected chi connectivity index (χ1v) is 7.13. The van der Waals surface area contributed by atoms with Crippen molar-refractivity contribution in [2.45, 2.75) is 26.3 Å². The summed E-state index contributed by atoms with van der Waals surface area (Å²) in [4.78, 5) is 0. The van der Waals surface area contributed by atoms with Crippen LogP contribution in [-0.2, 0) is 6.42 Å². The summed E-state index contributed by atoms with van der Waals surface area (Å²) >= 11 is 0. The zero-order chi connectivity index (χ0) is 15.0. The van der Waals surface area contributed by atoms with Gasteiger partial charge in [0.25, 0.3) is 0 Å². The molecule has 108 valence electrons. The van der Waals surface area contributed by atoms with Crippen LogP contribution < -0.4 is 5.73 Å². The minimum Gasteiger partial charge on any atom is -0.459 e. The predicted octanol–water partition coefficient (Wildman–Crippen LogP) is 4.49. The van der Waals surface area contributed by atoms with Crippen LogP contribution in [0.5, 0.6) is 0 Å². The number of fused-ring (bicyclic) bond motifs is 1. The SMILES string of the molecule is CCc1ccc(C(N)c2oc3ccc(F)cc3c2C)cc1. The van der Waals surface area contributed by atoms with Gasteiger partial charge in [-0.15, -0.1) is 0 Å². The standard InChI is InChI=1S/C18H18FNO/c1-3-12-4-6-13(7-5-12)17(20)18-11(2)15-10-14(19)8-9-16(15)21-18/h4-10,17H,3,20H2,1-2H3. The van der Waals surface area contributed by atoms with Gasteiger partial charge in [0.15, 0.2) is 0 Å². The highest BCUT2D eigenvalue weighted by molar-refractivity contribution is 5.82. The topological polar surface area (TPSA) is 39.2 Å². The molecule has 0 aliphatic carbocycles. The molecule has 0 spiro atoms. The smallest absolute Gasteiger partial charge is 0.134 e.